The molecular weight excluding hydrogens is 164 g/mol. The molecular formula is C11H20S. The SMILES string of the molecule is CSC1CCC2(CCCC2)CC1. The van der Waals surface area contributed by atoms with Gasteiger partial charge >= 0.3 is 0 Å². The molecule has 0 heterocycles. The Morgan fingerprint density at radius 2 is 1.58 bits per heavy atom. The minimum atomic E-state index is 0.840. The lowest BCUT2D eigenvalue weighted by atomic mass is 9.73. The Labute approximate surface area is 80.5 Å². The van der Waals surface area contributed by atoms with Crippen LogP contribution in [-0.2, 0) is 0 Å². The molecule has 0 bridgehead atoms. The molecule has 0 N–H and O–H groups in total. The van der Waals surface area contributed by atoms with Crippen LogP contribution in [0, 0.1) is 5.41 Å². The Kier molecular flexibility index (Phi) is 2.69. The quantitative estimate of drug-likeness (QED) is 0.596. The van der Waals surface area contributed by atoms with Gasteiger partial charge in [-0.3, -0.25) is 0 Å². The third kappa shape index (κ3) is 1.66. The van der Waals surface area contributed by atoms with Crippen molar-refractivity contribution < 1.29 is 0 Å². The van der Waals surface area contributed by atoms with Crippen LogP contribution in [0.25, 0.3) is 0 Å². The predicted octanol–water partition coefficient (Wildman–Crippen LogP) is 3.85. The predicted molar refractivity (Wildman–Crippen MR) is 56.7 cm³/mol. The minimum Gasteiger partial charge on any atom is -0.162 e. The van der Waals surface area contributed by atoms with E-state index in [9.17, 15) is 0 Å². The third-order valence-corrected chi connectivity index (χ3v) is 5.13. The number of thioether (sulfide) groups is 1. The molecule has 0 atom stereocenters. The molecule has 2 rings (SSSR count). The number of hydrogen-bond donors (Lipinski definition) is 0. The minimum absolute atomic E-state index is 0.840. The fourth-order valence-corrected chi connectivity index (χ4v) is 3.77. The summed E-state index contributed by atoms with van der Waals surface area (Å²) in [5, 5.41) is 0.997. The molecule has 2 saturated carbocycles. The van der Waals surface area contributed by atoms with Gasteiger partial charge in [0.1, 0.15) is 0 Å². The molecule has 12 heavy (non-hydrogen) atoms. The standard InChI is InChI=1S/C11H20S/c1-12-10-4-8-11(9-5-10)6-2-3-7-11/h10H,2-9H2,1H3. The molecule has 1 heteroatoms. The first-order chi connectivity index (χ1) is 5.85. The van der Waals surface area contributed by atoms with E-state index in [1.165, 1.54) is 25.7 Å². The zero-order valence-electron chi connectivity index (χ0n) is 8.14. The maximum absolute atomic E-state index is 2.28. The zero-order chi connectivity index (χ0) is 8.44. The fraction of sp³-hybridized carbons (Fsp3) is 1.00. The van der Waals surface area contributed by atoms with Crippen molar-refractivity contribution in [2.75, 3.05) is 6.26 Å². The molecule has 0 unspecified atom stereocenters. The van der Waals surface area contributed by atoms with Gasteiger partial charge in [0.05, 0.1) is 0 Å². The highest BCUT2D eigenvalue weighted by Crippen LogP contribution is 2.50. The molecule has 0 nitrogen and oxygen atoms in total. The molecule has 0 saturated heterocycles. The summed E-state index contributed by atoms with van der Waals surface area (Å²) in [5.41, 5.74) is 0.840. The van der Waals surface area contributed by atoms with Gasteiger partial charge in [-0.15, -0.1) is 0 Å². The van der Waals surface area contributed by atoms with Gasteiger partial charge in [-0.1, -0.05) is 12.8 Å². The van der Waals surface area contributed by atoms with Gasteiger partial charge in [0.2, 0.25) is 0 Å². The van der Waals surface area contributed by atoms with Gasteiger partial charge in [-0.25, -0.2) is 0 Å². The first kappa shape index (κ1) is 8.93. The lowest BCUT2D eigenvalue weighted by Crippen LogP contribution is -2.25. The highest BCUT2D eigenvalue weighted by atomic mass is 32.2. The van der Waals surface area contributed by atoms with Crippen molar-refractivity contribution in [1.82, 2.24) is 0 Å². The number of hydrogen-bond acceptors (Lipinski definition) is 1. The van der Waals surface area contributed by atoms with Gasteiger partial charge in [-0.2, -0.15) is 11.8 Å². The fourth-order valence-electron chi connectivity index (χ4n) is 3.06. The first-order valence-electron chi connectivity index (χ1n) is 5.37. The maximum atomic E-state index is 2.28. The molecule has 2 fully saturated rings. The molecule has 0 amide bonds. The van der Waals surface area contributed by atoms with Gasteiger partial charge < -0.3 is 0 Å². The van der Waals surface area contributed by atoms with Crippen LogP contribution in [0.3, 0.4) is 0 Å². The summed E-state index contributed by atoms with van der Waals surface area (Å²) in [5.74, 6) is 0. The maximum Gasteiger partial charge on any atom is 0.00446 e. The average molecular weight is 184 g/mol. The Bertz CT molecular complexity index is 137. The Morgan fingerprint density at radius 3 is 2.08 bits per heavy atom. The van der Waals surface area contributed by atoms with Crippen LogP contribution in [0.5, 0.6) is 0 Å². The van der Waals surface area contributed by atoms with Gasteiger partial charge in [0.25, 0.3) is 0 Å². The molecule has 2 aliphatic carbocycles. The summed E-state index contributed by atoms with van der Waals surface area (Å²) in [7, 11) is 0. The van der Waals surface area contributed by atoms with Crippen molar-refractivity contribution >= 4 is 11.8 Å². The average Bonchev–Trinajstić information content (AvgIpc) is 2.55. The van der Waals surface area contributed by atoms with Crippen molar-refractivity contribution in [3.8, 4) is 0 Å². The van der Waals surface area contributed by atoms with E-state index < -0.39 is 0 Å². The van der Waals surface area contributed by atoms with Crippen LogP contribution in [-0.4, -0.2) is 11.5 Å². The van der Waals surface area contributed by atoms with Crippen LogP contribution in [0.1, 0.15) is 51.4 Å². The Balaban J connectivity index is 1.88. The van der Waals surface area contributed by atoms with E-state index in [2.05, 4.69) is 18.0 Å². The normalized spacial score (nSPS) is 29.8. The molecule has 1 spiro atoms. The molecule has 0 aromatic heterocycles. The lowest BCUT2D eigenvalue weighted by Gasteiger charge is -2.36. The number of rotatable bonds is 1. The van der Waals surface area contributed by atoms with E-state index in [1.54, 1.807) is 25.7 Å². The summed E-state index contributed by atoms with van der Waals surface area (Å²) >= 11 is 2.09. The molecule has 0 radical (unpaired) electrons. The van der Waals surface area contributed by atoms with Gasteiger partial charge in [-0.05, 0) is 50.2 Å². The van der Waals surface area contributed by atoms with Crippen LogP contribution in [0.2, 0.25) is 0 Å². The van der Waals surface area contributed by atoms with Crippen LogP contribution < -0.4 is 0 Å². The van der Waals surface area contributed by atoms with E-state index in [1.807, 2.05) is 0 Å². The second-order valence-electron chi connectivity index (χ2n) is 4.64. The molecule has 2 aliphatic rings. The van der Waals surface area contributed by atoms with Crippen molar-refractivity contribution in [3.63, 3.8) is 0 Å². The van der Waals surface area contributed by atoms with Gasteiger partial charge in [0.15, 0.2) is 0 Å². The third-order valence-electron chi connectivity index (χ3n) is 3.99. The van der Waals surface area contributed by atoms with Crippen LogP contribution >= 0.6 is 11.8 Å². The highest BCUT2D eigenvalue weighted by molar-refractivity contribution is 7.99. The lowest BCUT2D eigenvalue weighted by molar-refractivity contribution is 0.201. The first-order valence-corrected chi connectivity index (χ1v) is 6.66. The second kappa shape index (κ2) is 3.61. The van der Waals surface area contributed by atoms with E-state index >= 15 is 0 Å². The van der Waals surface area contributed by atoms with E-state index in [0.29, 0.717) is 0 Å². The summed E-state index contributed by atoms with van der Waals surface area (Å²) in [6.45, 7) is 0. The smallest absolute Gasteiger partial charge is 0.00446 e. The summed E-state index contributed by atoms with van der Waals surface area (Å²) in [4.78, 5) is 0. The Morgan fingerprint density at radius 1 is 1.00 bits per heavy atom. The summed E-state index contributed by atoms with van der Waals surface area (Å²) in [6.07, 6.45) is 14.5. The van der Waals surface area contributed by atoms with Crippen LogP contribution in [0.4, 0.5) is 0 Å². The van der Waals surface area contributed by atoms with Crippen LogP contribution in [0.15, 0.2) is 0 Å². The topological polar surface area (TPSA) is 0 Å². The van der Waals surface area contributed by atoms with Crippen molar-refractivity contribution in [3.05, 3.63) is 0 Å². The Hall–Kier alpha value is 0.350. The molecule has 70 valence electrons. The zero-order valence-corrected chi connectivity index (χ0v) is 8.96. The van der Waals surface area contributed by atoms with Crippen molar-refractivity contribution in [2.45, 2.75) is 56.6 Å². The monoisotopic (exact) mass is 184 g/mol. The highest BCUT2D eigenvalue weighted by Gasteiger charge is 2.36. The molecule has 0 aromatic carbocycles. The van der Waals surface area contributed by atoms with E-state index in [4.69, 9.17) is 0 Å². The largest absolute Gasteiger partial charge is 0.162 e. The molecule has 0 aliphatic heterocycles. The second-order valence-corrected chi connectivity index (χ2v) is 5.78. The van der Waals surface area contributed by atoms with Crippen molar-refractivity contribution in [1.29, 1.82) is 0 Å². The van der Waals surface area contributed by atoms with E-state index in [-0.39, 0.29) is 0 Å². The molecule has 0 aromatic rings. The summed E-state index contributed by atoms with van der Waals surface area (Å²) < 4.78 is 0. The van der Waals surface area contributed by atoms with Crippen molar-refractivity contribution in [2.24, 2.45) is 5.41 Å². The summed E-state index contributed by atoms with van der Waals surface area (Å²) in [6, 6.07) is 0. The van der Waals surface area contributed by atoms with Gasteiger partial charge in [0, 0.05) is 5.25 Å². The van der Waals surface area contributed by atoms with E-state index in [0.717, 1.165) is 10.7 Å².